The molecule has 1 atom stereocenters. The third-order valence-corrected chi connectivity index (χ3v) is 5.79. The molecule has 1 unspecified atom stereocenters. The maximum absolute atomic E-state index is 3.77. The zero-order chi connectivity index (χ0) is 20.9. The molecule has 0 radical (unpaired) electrons. The van der Waals surface area contributed by atoms with Crippen molar-refractivity contribution in [3.63, 3.8) is 0 Å². The van der Waals surface area contributed by atoms with Gasteiger partial charge in [-0.1, -0.05) is 115 Å². The summed E-state index contributed by atoms with van der Waals surface area (Å²) in [5.41, 5.74) is 8.68. The van der Waals surface area contributed by atoms with Crippen LogP contribution in [0.5, 0.6) is 0 Å². The van der Waals surface area contributed by atoms with Crippen LogP contribution in [0.2, 0.25) is 0 Å². The number of hydrogen-bond donors (Lipinski definition) is 1. The lowest BCUT2D eigenvalue weighted by Crippen LogP contribution is -2.10. The lowest BCUT2D eigenvalue weighted by Gasteiger charge is -2.24. The monoisotopic (exact) mass is 399 g/mol. The van der Waals surface area contributed by atoms with Crippen LogP contribution in [-0.4, -0.2) is 0 Å². The van der Waals surface area contributed by atoms with Gasteiger partial charge in [-0.05, 0) is 40.8 Å². The van der Waals surface area contributed by atoms with Gasteiger partial charge in [0.05, 0.1) is 0 Å². The molecule has 0 aliphatic heterocycles. The predicted octanol–water partition coefficient (Wildman–Crippen LogP) is 7.92. The van der Waals surface area contributed by atoms with Crippen molar-refractivity contribution >= 4 is 11.3 Å². The van der Waals surface area contributed by atoms with E-state index >= 15 is 0 Å². The van der Waals surface area contributed by atoms with Crippen molar-refractivity contribution < 1.29 is 0 Å². The molecule has 0 heterocycles. The first-order chi connectivity index (χ1) is 15.4. The molecule has 0 bridgehead atoms. The zero-order valence-corrected chi connectivity index (χ0v) is 17.4. The largest absolute Gasteiger partial charge is 0.358 e. The van der Waals surface area contributed by atoms with Crippen molar-refractivity contribution in [1.29, 1.82) is 0 Å². The van der Waals surface area contributed by atoms with Gasteiger partial charge in [0, 0.05) is 22.9 Å². The summed E-state index contributed by atoms with van der Waals surface area (Å²) in [6, 6.07) is 40.6. The Morgan fingerprint density at radius 2 is 1.16 bits per heavy atom. The third kappa shape index (κ3) is 4.36. The summed E-state index contributed by atoms with van der Waals surface area (Å²) >= 11 is 0. The molecule has 1 aliphatic rings. The zero-order valence-electron chi connectivity index (χ0n) is 17.4. The highest BCUT2D eigenvalue weighted by Gasteiger charge is 2.19. The second-order valence-corrected chi connectivity index (χ2v) is 7.92. The van der Waals surface area contributed by atoms with E-state index in [9.17, 15) is 0 Å². The van der Waals surface area contributed by atoms with Gasteiger partial charge in [-0.15, -0.1) is 0 Å². The van der Waals surface area contributed by atoms with Gasteiger partial charge in [0.2, 0.25) is 0 Å². The highest BCUT2D eigenvalue weighted by Crippen LogP contribution is 2.37. The Kier molecular flexibility index (Phi) is 5.49. The number of nitrogens with one attached hydrogen (secondary N) is 1. The molecule has 5 rings (SSSR count). The fourth-order valence-electron chi connectivity index (χ4n) is 4.25. The average Bonchev–Trinajstić information content (AvgIpc) is 2.86. The molecular weight excluding hydrogens is 374 g/mol. The molecule has 4 aromatic carbocycles. The highest BCUT2D eigenvalue weighted by molar-refractivity contribution is 5.81. The molecule has 1 nitrogen and oxygen atoms in total. The van der Waals surface area contributed by atoms with Crippen LogP contribution in [0.1, 0.15) is 23.5 Å². The molecule has 0 fully saturated rings. The van der Waals surface area contributed by atoms with Gasteiger partial charge in [0.1, 0.15) is 0 Å². The lowest BCUT2D eigenvalue weighted by atomic mass is 9.85. The van der Waals surface area contributed by atoms with Gasteiger partial charge in [0.15, 0.2) is 0 Å². The molecule has 0 aromatic heterocycles. The van der Waals surface area contributed by atoms with Crippen LogP contribution >= 0.6 is 0 Å². The number of anilines is 1. The summed E-state index contributed by atoms with van der Waals surface area (Å²) in [5, 5.41) is 3.77. The minimum atomic E-state index is 0.341. The number of rotatable bonds is 5. The van der Waals surface area contributed by atoms with Crippen LogP contribution in [0.3, 0.4) is 0 Å². The topological polar surface area (TPSA) is 12.0 Å². The van der Waals surface area contributed by atoms with Crippen LogP contribution in [0, 0.1) is 0 Å². The fraction of sp³-hybridized carbons (Fsp3) is 0.0667. The van der Waals surface area contributed by atoms with Crippen molar-refractivity contribution in [2.45, 2.75) is 12.3 Å². The molecule has 31 heavy (non-hydrogen) atoms. The number of allylic oxidation sites excluding steroid dienone is 4. The van der Waals surface area contributed by atoms with Crippen LogP contribution in [0.15, 0.2) is 133 Å². The van der Waals surface area contributed by atoms with Crippen LogP contribution in [0.25, 0.3) is 16.7 Å². The van der Waals surface area contributed by atoms with Crippen LogP contribution in [0.4, 0.5) is 5.69 Å². The van der Waals surface area contributed by atoms with E-state index in [0.717, 1.165) is 12.1 Å². The predicted molar refractivity (Wildman–Crippen MR) is 132 cm³/mol. The first-order valence-corrected chi connectivity index (χ1v) is 10.8. The Hall–Kier alpha value is -3.84. The maximum atomic E-state index is 3.77. The third-order valence-electron chi connectivity index (χ3n) is 5.79. The van der Waals surface area contributed by atoms with Gasteiger partial charge in [0.25, 0.3) is 0 Å². The smallest absolute Gasteiger partial charge is 0.0461 e. The Labute approximate surface area is 184 Å². The average molecular weight is 400 g/mol. The summed E-state index contributed by atoms with van der Waals surface area (Å²) in [6.07, 6.45) is 5.65. The molecule has 0 saturated carbocycles. The quantitative estimate of drug-likeness (QED) is 0.359. The lowest BCUT2D eigenvalue weighted by molar-refractivity contribution is 0.820. The van der Waals surface area contributed by atoms with E-state index < -0.39 is 0 Å². The Morgan fingerprint density at radius 1 is 0.581 bits per heavy atom. The van der Waals surface area contributed by atoms with E-state index in [1.54, 1.807) is 0 Å². The van der Waals surface area contributed by atoms with Crippen molar-refractivity contribution in [2.24, 2.45) is 0 Å². The van der Waals surface area contributed by atoms with Gasteiger partial charge in [-0.3, -0.25) is 0 Å². The first-order valence-electron chi connectivity index (χ1n) is 10.8. The molecule has 1 aliphatic carbocycles. The molecule has 0 amide bonds. The Morgan fingerprint density at radius 3 is 1.87 bits per heavy atom. The molecular formula is C30H25N. The van der Waals surface area contributed by atoms with E-state index in [1.165, 1.54) is 33.5 Å². The SMILES string of the molecule is C1=C(Nc2ccccc2-c2ccccc2)CC(c2ccccc2)C=C1c1ccccc1. The van der Waals surface area contributed by atoms with Crippen molar-refractivity contribution in [3.8, 4) is 11.1 Å². The standard InChI is InChI=1S/C30H25N/c1-4-12-23(13-5-1)26-20-27(24-14-6-2-7-15-24)22-28(21-26)31-30-19-11-10-18-29(30)25-16-8-3-9-17-25/h1-21,27,31H,22H2. The number of hydrogen-bond acceptors (Lipinski definition) is 1. The van der Waals surface area contributed by atoms with Crippen molar-refractivity contribution in [2.75, 3.05) is 5.32 Å². The van der Waals surface area contributed by atoms with E-state index in [0.29, 0.717) is 5.92 Å². The van der Waals surface area contributed by atoms with E-state index in [1.807, 2.05) is 0 Å². The molecule has 1 N–H and O–H groups in total. The van der Waals surface area contributed by atoms with Crippen molar-refractivity contribution in [3.05, 3.63) is 144 Å². The summed E-state index contributed by atoms with van der Waals surface area (Å²) in [7, 11) is 0. The van der Waals surface area contributed by atoms with Gasteiger partial charge >= 0.3 is 0 Å². The van der Waals surface area contributed by atoms with E-state index in [2.05, 4.69) is 133 Å². The highest BCUT2D eigenvalue weighted by atomic mass is 14.9. The first kappa shape index (κ1) is 19.1. The van der Waals surface area contributed by atoms with Gasteiger partial charge in [-0.2, -0.15) is 0 Å². The normalized spacial score (nSPS) is 15.7. The van der Waals surface area contributed by atoms with E-state index in [4.69, 9.17) is 0 Å². The second-order valence-electron chi connectivity index (χ2n) is 7.92. The van der Waals surface area contributed by atoms with E-state index in [-0.39, 0.29) is 0 Å². The molecule has 0 saturated heterocycles. The fourth-order valence-corrected chi connectivity index (χ4v) is 4.25. The molecule has 0 spiro atoms. The minimum absolute atomic E-state index is 0.341. The van der Waals surface area contributed by atoms with Gasteiger partial charge in [-0.25, -0.2) is 0 Å². The minimum Gasteiger partial charge on any atom is -0.358 e. The van der Waals surface area contributed by atoms with Crippen LogP contribution < -0.4 is 5.32 Å². The summed E-state index contributed by atoms with van der Waals surface area (Å²) < 4.78 is 0. The Balaban J connectivity index is 1.52. The number of benzene rings is 4. The Bertz CT molecular complexity index is 1210. The van der Waals surface area contributed by atoms with Gasteiger partial charge < -0.3 is 5.32 Å². The second kappa shape index (κ2) is 8.89. The van der Waals surface area contributed by atoms with Crippen LogP contribution in [-0.2, 0) is 0 Å². The summed E-state index contributed by atoms with van der Waals surface area (Å²) in [6.45, 7) is 0. The molecule has 4 aromatic rings. The molecule has 1 heteroatoms. The summed E-state index contributed by atoms with van der Waals surface area (Å²) in [5.74, 6) is 0.341. The summed E-state index contributed by atoms with van der Waals surface area (Å²) in [4.78, 5) is 0. The van der Waals surface area contributed by atoms with Crippen molar-refractivity contribution in [1.82, 2.24) is 0 Å². The number of para-hydroxylation sites is 1. The molecule has 150 valence electrons. The maximum Gasteiger partial charge on any atom is 0.0461 e.